The summed E-state index contributed by atoms with van der Waals surface area (Å²) in [5.74, 6) is 2.03. The van der Waals surface area contributed by atoms with Crippen LogP contribution in [0.5, 0.6) is 0 Å². The van der Waals surface area contributed by atoms with Crippen molar-refractivity contribution in [3.63, 3.8) is 0 Å². The van der Waals surface area contributed by atoms with Crippen LogP contribution < -0.4 is 17.1 Å². The van der Waals surface area contributed by atoms with E-state index in [0.717, 1.165) is 0 Å². The molecule has 5 heteroatoms. The van der Waals surface area contributed by atoms with Crippen LogP contribution in [-0.2, 0) is 11.1 Å². The van der Waals surface area contributed by atoms with E-state index in [1.54, 1.807) is 0 Å². The van der Waals surface area contributed by atoms with Crippen molar-refractivity contribution in [2.45, 2.75) is 70.4 Å². The van der Waals surface area contributed by atoms with Gasteiger partial charge in [0.2, 0.25) is 0 Å². The first kappa shape index (κ1) is 12.8. The van der Waals surface area contributed by atoms with E-state index in [2.05, 4.69) is 47.5 Å². The third-order valence-electron chi connectivity index (χ3n) is 4.37. The van der Waals surface area contributed by atoms with Gasteiger partial charge in [-0.05, 0) is 53.4 Å². The molecule has 0 aliphatic carbocycles. The Hall–Kier alpha value is -0.640. The van der Waals surface area contributed by atoms with Crippen LogP contribution in [0.15, 0.2) is 0 Å². The van der Waals surface area contributed by atoms with Crippen molar-refractivity contribution in [1.82, 2.24) is 15.1 Å². The summed E-state index contributed by atoms with van der Waals surface area (Å²) < 4.78 is 4.34. The smallest absolute Gasteiger partial charge is 0.261 e. The van der Waals surface area contributed by atoms with Crippen LogP contribution in [0, 0.1) is 0 Å². The molecule has 2 aliphatic heterocycles. The lowest BCUT2D eigenvalue weighted by Crippen LogP contribution is -3.00. The Kier molecular flexibility index (Phi) is 2.77. The van der Waals surface area contributed by atoms with E-state index in [4.69, 9.17) is 0 Å². The molecule has 0 saturated carbocycles. The average Bonchev–Trinajstić information content (AvgIpc) is 2.62. The second-order valence-electron chi connectivity index (χ2n) is 6.56. The summed E-state index contributed by atoms with van der Waals surface area (Å²) in [7, 11) is 0. The van der Waals surface area contributed by atoms with Crippen LogP contribution in [0.2, 0.25) is 0 Å². The summed E-state index contributed by atoms with van der Waals surface area (Å²) in [6.45, 7) is 9.06. The van der Waals surface area contributed by atoms with Gasteiger partial charge in [0.05, 0.1) is 5.92 Å². The van der Waals surface area contributed by atoms with Gasteiger partial charge in [-0.2, -0.15) is 0 Å². The Morgan fingerprint density at radius 1 is 1.18 bits per heavy atom. The van der Waals surface area contributed by atoms with Gasteiger partial charge in [0.25, 0.3) is 5.82 Å². The molecule has 1 aromatic heterocycles. The molecule has 4 nitrogen and oxygen atoms in total. The first-order valence-corrected chi connectivity index (χ1v) is 6.31. The van der Waals surface area contributed by atoms with Gasteiger partial charge in [-0.1, -0.05) is 4.68 Å². The Morgan fingerprint density at radius 3 is 2.53 bits per heavy atom. The van der Waals surface area contributed by atoms with Gasteiger partial charge in [-0.25, -0.2) is 0 Å². The Labute approximate surface area is 109 Å². The first-order chi connectivity index (χ1) is 7.42. The highest BCUT2D eigenvalue weighted by atomic mass is 35.5. The fourth-order valence-corrected chi connectivity index (χ4v) is 3.14. The van der Waals surface area contributed by atoms with E-state index in [0.29, 0.717) is 5.92 Å². The highest BCUT2D eigenvalue weighted by Crippen LogP contribution is 2.41. The molecule has 17 heavy (non-hydrogen) atoms. The molecular weight excluding hydrogens is 236 g/mol. The van der Waals surface area contributed by atoms with E-state index in [9.17, 15) is 0 Å². The van der Waals surface area contributed by atoms with E-state index < -0.39 is 0 Å². The van der Waals surface area contributed by atoms with Crippen LogP contribution in [0.3, 0.4) is 0 Å². The molecule has 0 aromatic carbocycles. The van der Waals surface area contributed by atoms with E-state index in [-0.39, 0.29) is 23.5 Å². The van der Waals surface area contributed by atoms with Crippen molar-refractivity contribution >= 4 is 0 Å². The standard InChI is InChI=1S/C12H21N4.ClH/c1-11(2)7-5-9-6-8-12(3,4)16-10(9)15(11)13-14-16;/h9H,5-8H2,1-4H3;1H/q+1;/p-1. The first-order valence-electron chi connectivity index (χ1n) is 6.31. The minimum atomic E-state index is 0. The molecule has 0 N–H and O–H groups in total. The Balaban J connectivity index is 0.00000108. The Morgan fingerprint density at radius 2 is 1.82 bits per heavy atom. The zero-order valence-electron chi connectivity index (χ0n) is 11.1. The maximum absolute atomic E-state index is 4.40. The zero-order chi connectivity index (χ0) is 11.6. The van der Waals surface area contributed by atoms with Crippen LogP contribution in [-0.4, -0.2) is 15.1 Å². The minimum absolute atomic E-state index is 0. The van der Waals surface area contributed by atoms with Crippen LogP contribution >= 0.6 is 0 Å². The number of hydrogen-bond donors (Lipinski definition) is 0. The van der Waals surface area contributed by atoms with Gasteiger partial charge in [-0.15, -0.1) is 4.68 Å². The summed E-state index contributed by atoms with van der Waals surface area (Å²) in [6, 6.07) is 0. The lowest BCUT2D eigenvalue weighted by molar-refractivity contribution is -0.822. The lowest BCUT2D eigenvalue weighted by Gasteiger charge is -2.35. The number of rotatable bonds is 0. The van der Waals surface area contributed by atoms with E-state index in [1.807, 2.05) is 0 Å². The molecular formula is C12H21ClN4. The third-order valence-corrected chi connectivity index (χ3v) is 4.37. The Bertz CT molecular complexity index is 398. The van der Waals surface area contributed by atoms with Crippen LogP contribution in [0.25, 0.3) is 0 Å². The summed E-state index contributed by atoms with van der Waals surface area (Å²) in [6.07, 6.45) is 5.01. The third kappa shape index (κ3) is 1.68. The fourth-order valence-electron chi connectivity index (χ4n) is 3.14. The molecule has 0 radical (unpaired) electrons. The van der Waals surface area contributed by atoms with Gasteiger partial charge >= 0.3 is 0 Å². The van der Waals surface area contributed by atoms with Gasteiger partial charge in [0.15, 0.2) is 5.21 Å². The molecule has 1 aromatic rings. The molecule has 0 bridgehead atoms. The highest BCUT2D eigenvalue weighted by molar-refractivity contribution is 5.01. The van der Waals surface area contributed by atoms with Crippen molar-refractivity contribution < 1.29 is 17.1 Å². The number of hydrogen-bond acceptors (Lipinski definition) is 2. The van der Waals surface area contributed by atoms with Crippen molar-refractivity contribution in [2.75, 3.05) is 0 Å². The van der Waals surface area contributed by atoms with Gasteiger partial charge < -0.3 is 12.4 Å². The molecule has 0 unspecified atom stereocenters. The van der Waals surface area contributed by atoms with Crippen molar-refractivity contribution in [2.24, 2.45) is 0 Å². The second-order valence-corrected chi connectivity index (χ2v) is 6.56. The van der Waals surface area contributed by atoms with Crippen LogP contribution in [0.4, 0.5) is 0 Å². The van der Waals surface area contributed by atoms with Gasteiger partial charge in [0, 0.05) is 0 Å². The number of halogens is 1. The maximum Gasteiger partial charge on any atom is 0.261 e. The van der Waals surface area contributed by atoms with Gasteiger partial charge in [0.1, 0.15) is 16.3 Å². The summed E-state index contributed by atoms with van der Waals surface area (Å²) in [5, 5.41) is 8.79. The van der Waals surface area contributed by atoms with E-state index in [1.165, 1.54) is 31.5 Å². The van der Waals surface area contributed by atoms with E-state index >= 15 is 0 Å². The number of nitrogens with zero attached hydrogens (tertiary/aromatic N) is 4. The lowest BCUT2D eigenvalue weighted by atomic mass is 9.79. The normalized spacial score (nSPS) is 28.1. The molecule has 0 saturated heterocycles. The maximum atomic E-state index is 4.40. The summed E-state index contributed by atoms with van der Waals surface area (Å²) in [5.41, 5.74) is 0.273. The average molecular weight is 257 g/mol. The van der Waals surface area contributed by atoms with Gasteiger partial charge in [-0.3, -0.25) is 0 Å². The number of aromatic nitrogens is 4. The minimum Gasteiger partial charge on any atom is -1.00 e. The summed E-state index contributed by atoms with van der Waals surface area (Å²) in [4.78, 5) is 0. The van der Waals surface area contributed by atoms with Crippen molar-refractivity contribution in [3.05, 3.63) is 5.82 Å². The van der Waals surface area contributed by atoms with Crippen molar-refractivity contribution in [1.29, 1.82) is 0 Å². The monoisotopic (exact) mass is 256 g/mol. The predicted molar refractivity (Wildman–Crippen MR) is 60.1 cm³/mol. The van der Waals surface area contributed by atoms with Crippen LogP contribution in [0.1, 0.15) is 65.1 Å². The molecule has 96 valence electrons. The molecule has 2 aliphatic rings. The SMILES string of the molecule is CC1(C)CCC2CCC(C)(C)[n+]3nnn1c32.[Cl-]. The zero-order valence-corrected chi connectivity index (χ0v) is 11.8. The molecule has 0 amide bonds. The predicted octanol–water partition coefficient (Wildman–Crippen LogP) is -1.29. The largest absolute Gasteiger partial charge is 1.00 e. The highest BCUT2D eigenvalue weighted by Gasteiger charge is 2.49. The molecule has 3 rings (SSSR count). The molecule has 0 spiro atoms. The molecule has 0 fully saturated rings. The number of tetrazole rings is 1. The topological polar surface area (TPSA) is 34.6 Å². The summed E-state index contributed by atoms with van der Waals surface area (Å²) >= 11 is 0. The second kappa shape index (κ2) is 3.67. The molecule has 0 atom stereocenters. The van der Waals surface area contributed by atoms with Crippen molar-refractivity contribution in [3.8, 4) is 0 Å². The quantitative estimate of drug-likeness (QED) is 0.542. The molecule has 3 heterocycles. The fraction of sp³-hybridized carbons (Fsp3) is 0.917.